The summed E-state index contributed by atoms with van der Waals surface area (Å²) in [6.45, 7) is 7.61. The highest BCUT2D eigenvalue weighted by Crippen LogP contribution is 2.40. The van der Waals surface area contributed by atoms with Gasteiger partial charge in [-0.05, 0) is 55.3 Å². The van der Waals surface area contributed by atoms with Crippen molar-refractivity contribution < 1.29 is 9.53 Å². The first-order valence-corrected chi connectivity index (χ1v) is 16.7. The van der Waals surface area contributed by atoms with E-state index in [1.54, 1.807) is 16.6 Å². The summed E-state index contributed by atoms with van der Waals surface area (Å²) in [5, 5.41) is 2.99. The largest absolute Gasteiger partial charge is 0.496 e. The third-order valence-electron chi connectivity index (χ3n) is 9.03. The molecule has 1 aliphatic rings. The Morgan fingerprint density at radius 2 is 1.64 bits per heavy atom. The van der Waals surface area contributed by atoms with Gasteiger partial charge >= 0.3 is 0 Å². The maximum Gasteiger partial charge on any atom is 0.271 e. The fourth-order valence-electron chi connectivity index (χ4n) is 6.73. The van der Waals surface area contributed by atoms with Gasteiger partial charge in [0.25, 0.3) is 11.5 Å². The van der Waals surface area contributed by atoms with Gasteiger partial charge in [0.1, 0.15) is 11.8 Å². The van der Waals surface area contributed by atoms with Crippen LogP contribution in [0.3, 0.4) is 0 Å². The number of carbonyl (C=O) groups excluding carboxylic acids is 1. The molecule has 0 saturated heterocycles. The van der Waals surface area contributed by atoms with Crippen molar-refractivity contribution in [1.29, 1.82) is 0 Å². The number of thiazole rings is 1. The minimum atomic E-state index is -0.720. The molecular weight excluding hydrogens is 605 g/mol. The lowest BCUT2D eigenvalue weighted by Crippen LogP contribution is -2.43. The summed E-state index contributed by atoms with van der Waals surface area (Å²) in [6.07, 6.45) is 4.08. The predicted molar refractivity (Wildman–Crippen MR) is 190 cm³/mol. The van der Waals surface area contributed by atoms with Gasteiger partial charge in [0.15, 0.2) is 4.80 Å². The molecule has 6 aromatic rings. The van der Waals surface area contributed by atoms with Gasteiger partial charge in [0.05, 0.1) is 22.9 Å². The number of likely N-dealkylation sites (N-methyl/N-ethyl adjacent to an activating group) is 1. The smallest absolute Gasteiger partial charge is 0.271 e. The summed E-state index contributed by atoms with van der Waals surface area (Å²) in [4.78, 5) is 36.1. The second-order valence-corrected chi connectivity index (χ2v) is 12.7. The minimum absolute atomic E-state index is 0.130. The number of ether oxygens (including phenoxy) is 1. The van der Waals surface area contributed by atoms with Gasteiger partial charge in [-0.1, -0.05) is 90.2 Å². The Balaban J connectivity index is 1.47. The molecule has 2 aromatic heterocycles. The molecule has 8 heteroatoms. The van der Waals surface area contributed by atoms with Gasteiger partial charge in [-0.2, -0.15) is 0 Å². The average molecular weight is 641 g/mol. The summed E-state index contributed by atoms with van der Waals surface area (Å²) in [5.41, 5.74) is 4.93. The van der Waals surface area contributed by atoms with Crippen molar-refractivity contribution in [2.45, 2.75) is 33.4 Å². The first-order valence-electron chi connectivity index (χ1n) is 15.9. The van der Waals surface area contributed by atoms with E-state index < -0.39 is 6.04 Å². The van der Waals surface area contributed by atoms with E-state index in [4.69, 9.17) is 9.73 Å². The predicted octanol–water partition coefficient (Wildman–Crippen LogP) is 6.27. The molecule has 0 spiro atoms. The Kier molecular flexibility index (Phi) is 8.12. The fourth-order valence-corrected chi connectivity index (χ4v) is 7.76. The van der Waals surface area contributed by atoms with Crippen LogP contribution in [0.15, 0.2) is 118 Å². The molecule has 1 amide bonds. The van der Waals surface area contributed by atoms with Crippen molar-refractivity contribution in [1.82, 2.24) is 14.0 Å². The molecule has 0 bridgehead atoms. The number of fused-ring (bicyclic) bond motifs is 3. The topological polar surface area (TPSA) is 68.8 Å². The molecule has 7 rings (SSSR count). The zero-order valence-corrected chi connectivity index (χ0v) is 27.8. The van der Waals surface area contributed by atoms with Crippen LogP contribution < -0.4 is 19.6 Å². The number of hydrogen-bond donors (Lipinski definition) is 0. The summed E-state index contributed by atoms with van der Waals surface area (Å²) < 4.78 is 10.4. The Morgan fingerprint density at radius 1 is 0.936 bits per heavy atom. The minimum Gasteiger partial charge on any atom is -0.496 e. The number of rotatable bonds is 8. The fraction of sp³-hybridized carbons (Fsp3) is 0.205. The standard InChI is InChI=1S/C39H36N4O3S/c1-5-41(6-2)38(45)34-25(3)40-39-43(36(34)35-30-18-11-10-16-27(30)20-21-32(35)46-4)37(44)33(47-39)22-28-24-42(23-26-14-8-7-9-15-26)31-19-13-12-17-29(28)31/h7-22,24,36H,5-6,23H2,1-4H3/b33-22+/t36-/m1/s1. The second kappa shape index (κ2) is 12.5. The number of hydrogen-bond acceptors (Lipinski definition) is 5. The van der Waals surface area contributed by atoms with Crippen LogP contribution >= 0.6 is 11.3 Å². The number of benzene rings is 4. The number of allylic oxidation sites excluding steroid dienone is 1. The van der Waals surface area contributed by atoms with Gasteiger partial charge in [-0.3, -0.25) is 14.2 Å². The van der Waals surface area contributed by atoms with Crippen LogP contribution in [0.1, 0.15) is 43.5 Å². The molecule has 4 aromatic carbocycles. The number of amides is 1. The van der Waals surface area contributed by atoms with E-state index in [0.717, 1.165) is 32.8 Å². The summed E-state index contributed by atoms with van der Waals surface area (Å²) in [5.74, 6) is 0.487. The van der Waals surface area contributed by atoms with Crippen LogP contribution in [0.5, 0.6) is 5.75 Å². The zero-order chi connectivity index (χ0) is 32.7. The number of nitrogens with zero attached hydrogens (tertiary/aromatic N) is 4. The maximum atomic E-state index is 14.6. The van der Waals surface area contributed by atoms with Crippen molar-refractivity contribution >= 4 is 45.0 Å². The average Bonchev–Trinajstić information content (AvgIpc) is 3.60. The van der Waals surface area contributed by atoms with Crippen molar-refractivity contribution in [3.63, 3.8) is 0 Å². The van der Waals surface area contributed by atoms with Crippen molar-refractivity contribution in [2.24, 2.45) is 4.99 Å². The molecule has 236 valence electrons. The Morgan fingerprint density at radius 3 is 2.38 bits per heavy atom. The van der Waals surface area contributed by atoms with E-state index in [9.17, 15) is 9.59 Å². The lowest BCUT2D eigenvalue weighted by Gasteiger charge is -2.30. The molecule has 7 nitrogen and oxygen atoms in total. The van der Waals surface area contributed by atoms with E-state index in [1.165, 1.54) is 16.9 Å². The number of carbonyl (C=O) groups is 1. The molecule has 0 saturated carbocycles. The van der Waals surface area contributed by atoms with Gasteiger partial charge < -0.3 is 14.2 Å². The van der Waals surface area contributed by atoms with Gasteiger partial charge in [-0.25, -0.2) is 4.99 Å². The normalized spacial score (nSPS) is 14.8. The zero-order valence-electron chi connectivity index (χ0n) is 26.9. The molecule has 0 radical (unpaired) electrons. The van der Waals surface area contributed by atoms with E-state index in [-0.39, 0.29) is 11.5 Å². The Hall–Kier alpha value is -5.21. The lowest BCUT2D eigenvalue weighted by molar-refractivity contribution is -0.127. The van der Waals surface area contributed by atoms with Gasteiger partial charge in [-0.15, -0.1) is 0 Å². The molecule has 3 heterocycles. The SMILES string of the molecule is CCN(CC)C(=O)C1=C(C)N=c2s/c(=C/c3cn(Cc4ccccc4)c4ccccc34)c(=O)n2[C@H]1c1c(OC)ccc2ccccc12. The van der Waals surface area contributed by atoms with Crippen molar-refractivity contribution in [3.05, 3.63) is 145 Å². The molecule has 0 fully saturated rings. The van der Waals surface area contributed by atoms with E-state index >= 15 is 0 Å². The lowest BCUT2D eigenvalue weighted by atomic mass is 9.90. The monoisotopic (exact) mass is 640 g/mol. The highest BCUT2D eigenvalue weighted by molar-refractivity contribution is 7.07. The van der Waals surface area contributed by atoms with E-state index in [1.807, 2.05) is 93.6 Å². The molecule has 1 atom stereocenters. The number of methoxy groups -OCH3 is 1. The number of aromatic nitrogens is 2. The highest BCUT2D eigenvalue weighted by atomic mass is 32.1. The second-order valence-electron chi connectivity index (χ2n) is 11.7. The van der Waals surface area contributed by atoms with Crippen molar-refractivity contribution in [2.75, 3.05) is 20.2 Å². The summed E-state index contributed by atoms with van der Waals surface area (Å²) in [7, 11) is 1.63. The Labute approximate surface area is 277 Å². The quantitative estimate of drug-likeness (QED) is 0.197. The molecule has 1 aliphatic heterocycles. The van der Waals surface area contributed by atoms with Crippen LogP contribution in [0, 0.1) is 0 Å². The molecular formula is C39H36N4O3S. The van der Waals surface area contributed by atoms with Crippen LogP contribution in [0.25, 0.3) is 27.8 Å². The summed E-state index contributed by atoms with van der Waals surface area (Å²) >= 11 is 1.35. The Bertz CT molecular complexity index is 2360. The third-order valence-corrected chi connectivity index (χ3v) is 10.0. The van der Waals surface area contributed by atoms with Gasteiger partial charge in [0.2, 0.25) is 0 Å². The highest BCUT2D eigenvalue weighted by Gasteiger charge is 2.36. The number of para-hydroxylation sites is 1. The first-order chi connectivity index (χ1) is 22.9. The van der Waals surface area contributed by atoms with E-state index in [0.29, 0.717) is 46.0 Å². The molecule has 47 heavy (non-hydrogen) atoms. The van der Waals surface area contributed by atoms with Crippen molar-refractivity contribution in [3.8, 4) is 5.75 Å². The molecule has 0 N–H and O–H groups in total. The van der Waals surface area contributed by atoms with Crippen LogP contribution in [-0.4, -0.2) is 40.1 Å². The van der Waals surface area contributed by atoms with Crippen LogP contribution in [-0.2, 0) is 11.3 Å². The summed E-state index contributed by atoms with van der Waals surface area (Å²) in [6, 6.07) is 29.8. The third kappa shape index (κ3) is 5.28. The molecule has 0 unspecified atom stereocenters. The van der Waals surface area contributed by atoms with Crippen LogP contribution in [0.4, 0.5) is 0 Å². The first kappa shape index (κ1) is 30.4. The van der Waals surface area contributed by atoms with Gasteiger partial charge in [0, 0.05) is 47.9 Å². The van der Waals surface area contributed by atoms with E-state index in [2.05, 4.69) is 35.0 Å². The van der Waals surface area contributed by atoms with Crippen LogP contribution in [0.2, 0.25) is 0 Å². The maximum absolute atomic E-state index is 14.6. The molecule has 0 aliphatic carbocycles.